The van der Waals surface area contributed by atoms with Gasteiger partial charge in [0, 0.05) is 0 Å². The molecule has 4 nitrogen and oxygen atoms in total. The average molecular weight is 180 g/mol. The van der Waals surface area contributed by atoms with Gasteiger partial charge in [0.1, 0.15) is 0 Å². The van der Waals surface area contributed by atoms with Crippen LogP contribution < -0.4 is 5.73 Å². The molecule has 0 aromatic carbocycles. The molecule has 0 bridgehead atoms. The van der Waals surface area contributed by atoms with Crippen molar-refractivity contribution in [3.8, 4) is 0 Å². The van der Waals surface area contributed by atoms with E-state index < -0.39 is 0 Å². The normalized spacial score (nSPS) is 20.0. The van der Waals surface area contributed by atoms with Gasteiger partial charge < -0.3 is 5.73 Å². The summed E-state index contributed by atoms with van der Waals surface area (Å²) >= 11 is 0. The standard InChI is InChI=1S/C9H16N4/c10-9-7-13(12-11-9)8-5-3-1-2-4-6-8/h7-8H,1-6,10H2. The Kier molecular flexibility index (Phi) is 2.47. The molecule has 13 heavy (non-hydrogen) atoms. The summed E-state index contributed by atoms with van der Waals surface area (Å²) < 4.78 is 1.93. The first-order valence-corrected chi connectivity index (χ1v) is 5.03. The van der Waals surface area contributed by atoms with Crippen LogP contribution in [0.5, 0.6) is 0 Å². The highest BCUT2D eigenvalue weighted by molar-refractivity contribution is 5.20. The smallest absolute Gasteiger partial charge is 0.165 e. The van der Waals surface area contributed by atoms with Gasteiger partial charge in [-0.05, 0) is 12.8 Å². The van der Waals surface area contributed by atoms with Gasteiger partial charge in [0.05, 0.1) is 12.2 Å². The predicted octanol–water partition coefficient (Wildman–Crippen LogP) is 1.76. The van der Waals surface area contributed by atoms with Gasteiger partial charge in [0.2, 0.25) is 0 Å². The number of aromatic nitrogens is 3. The molecule has 0 aliphatic heterocycles. The van der Waals surface area contributed by atoms with Gasteiger partial charge in [0.25, 0.3) is 0 Å². The van der Waals surface area contributed by atoms with Crippen LogP contribution >= 0.6 is 0 Å². The SMILES string of the molecule is Nc1cn(C2CCCCCC2)nn1. The van der Waals surface area contributed by atoms with E-state index in [4.69, 9.17) is 5.73 Å². The molecule has 0 amide bonds. The third-order valence-corrected chi connectivity index (χ3v) is 2.73. The molecule has 72 valence electrons. The van der Waals surface area contributed by atoms with Crippen molar-refractivity contribution in [1.82, 2.24) is 15.0 Å². The second-order valence-corrected chi connectivity index (χ2v) is 3.77. The molecule has 1 aromatic rings. The summed E-state index contributed by atoms with van der Waals surface area (Å²) in [5.41, 5.74) is 5.53. The molecule has 0 spiro atoms. The Labute approximate surface area is 78.1 Å². The molecule has 4 heteroatoms. The molecule has 2 N–H and O–H groups in total. The maximum atomic E-state index is 5.53. The van der Waals surface area contributed by atoms with Crippen LogP contribution in [0.4, 0.5) is 5.82 Å². The average Bonchev–Trinajstić information content (AvgIpc) is 2.43. The van der Waals surface area contributed by atoms with E-state index in [0.717, 1.165) is 0 Å². The van der Waals surface area contributed by atoms with Crippen LogP contribution in [0.15, 0.2) is 6.20 Å². The van der Waals surface area contributed by atoms with E-state index in [1.807, 2.05) is 10.9 Å². The van der Waals surface area contributed by atoms with Gasteiger partial charge in [-0.1, -0.05) is 30.9 Å². The van der Waals surface area contributed by atoms with Crippen LogP contribution in [0.25, 0.3) is 0 Å². The third-order valence-electron chi connectivity index (χ3n) is 2.73. The molecule has 1 saturated carbocycles. The molecule has 0 atom stereocenters. The highest BCUT2D eigenvalue weighted by atomic mass is 15.4. The molecule has 1 fully saturated rings. The lowest BCUT2D eigenvalue weighted by Crippen LogP contribution is -2.08. The quantitative estimate of drug-likeness (QED) is 0.670. The van der Waals surface area contributed by atoms with Gasteiger partial charge in [-0.3, -0.25) is 0 Å². The number of rotatable bonds is 1. The summed E-state index contributed by atoms with van der Waals surface area (Å²) in [5.74, 6) is 0.532. The Morgan fingerprint density at radius 1 is 1.23 bits per heavy atom. The largest absolute Gasteiger partial charge is 0.381 e. The Morgan fingerprint density at radius 3 is 2.46 bits per heavy atom. The van der Waals surface area contributed by atoms with Crippen LogP contribution in [0.2, 0.25) is 0 Å². The first-order chi connectivity index (χ1) is 6.36. The van der Waals surface area contributed by atoms with E-state index >= 15 is 0 Å². The van der Waals surface area contributed by atoms with Crippen LogP contribution in [0.1, 0.15) is 44.6 Å². The number of nitrogens with two attached hydrogens (primary N) is 1. The van der Waals surface area contributed by atoms with Crippen molar-refractivity contribution in [1.29, 1.82) is 0 Å². The van der Waals surface area contributed by atoms with Crippen LogP contribution in [0.3, 0.4) is 0 Å². The van der Waals surface area contributed by atoms with E-state index in [9.17, 15) is 0 Å². The van der Waals surface area contributed by atoms with E-state index in [2.05, 4.69) is 10.3 Å². The highest BCUT2D eigenvalue weighted by Crippen LogP contribution is 2.26. The van der Waals surface area contributed by atoms with E-state index in [1.165, 1.54) is 38.5 Å². The number of hydrogen-bond acceptors (Lipinski definition) is 3. The van der Waals surface area contributed by atoms with Gasteiger partial charge in [-0.15, -0.1) is 5.10 Å². The molecule has 1 aliphatic rings. The fraction of sp³-hybridized carbons (Fsp3) is 0.778. The van der Waals surface area contributed by atoms with Crippen molar-refractivity contribution in [2.45, 2.75) is 44.6 Å². The summed E-state index contributed by atoms with van der Waals surface area (Å²) in [6.07, 6.45) is 9.64. The summed E-state index contributed by atoms with van der Waals surface area (Å²) in [6.45, 7) is 0. The number of nitrogens with zero attached hydrogens (tertiary/aromatic N) is 3. The first-order valence-electron chi connectivity index (χ1n) is 5.03. The molecule has 1 aromatic heterocycles. The number of anilines is 1. The van der Waals surface area contributed by atoms with E-state index in [0.29, 0.717) is 11.9 Å². The minimum Gasteiger partial charge on any atom is -0.381 e. The molecule has 1 heterocycles. The van der Waals surface area contributed by atoms with Crippen molar-refractivity contribution >= 4 is 5.82 Å². The molecule has 0 saturated heterocycles. The van der Waals surface area contributed by atoms with Gasteiger partial charge in [-0.2, -0.15) is 0 Å². The summed E-state index contributed by atoms with van der Waals surface area (Å²) in [6, 6.07) is 0.535. The van der Waals surface area contributed by atoms with Crippen molar-refractivity contribution in [2.24, 2.45) is 0 Å². The minimum atomic E-state index is 0.532. The van der Waals surface area contributed by atoms with Crippen molar-refractivity contribution in [3.63, 3.8) is 0 Å². The predicted molar refractivity (Wildman–Crippen MR) is 51.2 cm³/mol. The number of nitrogen functional groups attached to an aromatic ring is 1. The van der Waals surface area contributed by atoms with E-state index in [-0.39, 0.29) is 0 Å². The second-order valence-electron chi connectivity index (χ2n) is 3.77. The Bertz CT molecular complexity index is 260. The molecular weight excluding hydrogens is 164 g/mol. The third kappa shape index (κ3) is 1.99. The Hall–Kier alpha value is -1.06. The van der Waals surface area contributed by atoms with Crippen molar-refractivity contribution in [2.75, 3.05) is 5.73 Å². The molecule has 0 radical (unpaired) electrons. The van der Waals surface area contributed by atoms with Gasteiger partial charge in [0.15, 0.2) is 5.82 Å². The zero-order valence-electron chi connectivity index (χ0n) is 7.82. The summed E-state index contributed by atoms with van der Waals surface area (Å²) in [7, 11) is 0. The first kappa shape index (κ1) is 8.53. The molecule has 2 rings (SSSR count). The molecular formula is C9H16N4. The van der Waals surface area contributed by atoms with Gasteiger partial charge in [-0.25, -0.2) is 4.68 Å². The lowest BCUT2D eigenvalue weighted by Gasteiger charge is -2.12. The van der Waals surface area contributed by atoms with E-state index in [1.54, 1.807) is 0 Å². The maximum absolute atomic E-state index is 5.53. The second kappa shape index (κ2) is 3.77. The van der Waals surface area contributed by atoms with Crippen molar-refractivity contribution in [3.05, 3.63) is 6.20 Å². The lowest BCUT2D eigenvalue weighted by molar-refractivity contribution is 0.396. The zero-order valence-corrected chi connectivity index (χ0v) is 7.82. The Balaban J connectivity index is 2.06. The Morgan fingerprint density at radius 2 is 1.92 bits per heavy atom. The van der Waals surface area contributed by atoms with Crippen molar-refractivity contribution < 1.29 is 0 Å². The van der Waals surface area contributed by atoms with Gasteiger partial charge >= 0.3 is 0 Å². The monoisotopic (exact) mass is 180 g/mol. The molecule has 0 unspecified atom stereocenters. The van der Waals surface area contributed by atoms with Crippen LogP contribution in [-0.4, -0.2) is 15.0 Å². The minimum absolute atomic E-state index is 0.532. The summed E-state index contributed by atoms with van der Waals surface area (Å²) in [4.78, 5) is 0. The number of hydrogen-bond donors (Lipinski definition) is 1. The topological polar surface area (TPSA) is 56.7 Å². The van der Waals surface area contributed by atoms with Crippen LogP contribution in [0, 0.1) is 0 Å². The summed E-state index contributed by atoms with van der Waals surface area (Å²) in [5, 5.41) is 7.84. The fourth-order valence-corrected chi connectivity index (χ4v) is 1.99. The highest BCUT2D eigenvalue weighted by Gasteiger charge is 2.14. The zero-order chi connectivity index (χ0) is 9.10. The molecule has 1 aliphatic carbocycles. The maximum Gasteiger partial charge on any atom is 0.165 e. The fourth-order valence-electron chi connectivity index (χ4n) is 1.99. The lowest BCUT2D eigenvalue weighted by atomic mass is 10.1. The van der Waals surface area contributed by atoms with Crippen LogP contribution in [-0.2, 0) is 0 Å².